The number of fused-ring (bicyclic) bond motifs is 1. The molecule has 6 unspecified atom stereocenters. The van der Waals surface area contributed by atoms with Crippen molar-refractivity contribution >= 4 is 17.6 Å². The van der Waals surface area contributed by atoms with Crippen LogP contribution in [-0.2, 0) is 9.53 Å². The molecule has 2 aliphatic rings. The van der Waals surface area contributed by atoms with Crippen LogP contribution in [0.3, 0.4) is 0 Å². The summed E-state index contributed by atoms with van der Waals surface area (Å²) < 4.78 is 5.44. The van der Waals surface area contributed by atoms with Gasteiger partial charge >= 0.3 is 5.97 Å². The fourth-order valence-electron chi connectivity index (χ4n) is 4.23. The largest absolute Gasteiger partial charge is 0.463 e. The average Bonchev–Trinajstić information content (AvgIpc) is 2.85. The van der Waals surface area contributed by atoms with Crippen LogP contribution in [0.1, 0.15) is 38.7 Å². The zero-order valence-electron chi connectivity index (χ0n) is 14.6. The zero-order chi connectivity index (χ0) is 18.4. The summed E-state index contributed by atoms with van der Waals surface area (Å²) in [4.78, 5) is 12.8. The normalized spacial score (nSPS) is 37.8. The molecule has 1 aliphatic carbocycles. The standard InChI is InChI=1S/C18H25ClN2O4/c1-9(2)25-17(23)15-13(10-4-6-11(19)7-5-10)14-12(8-18(15,3)24)20-21-16(14)22/h4-7,9,12-16,20-22,24H,8H2,1-3H3. The number of hydrogen-bond donors (Lipinski definition) is 4. The number of hydrazine groups is 1. The van der Waals surface area contributed by atoms with E-state index in [9.17, 15) is 15.0 Å². The highest BCUT2D eigenvalue weighted by Gasteiger charge is 2.58. The van der Waals surface area contributed by atoms with Crippen molar-refractivity contribution in [1.82, 2.24) is 10.9 Å². The van der Waals surface area contributed by atoms with Crippen molar-refractivity contribution in [3.05, 3.63) is 34.9 Å². The molecule has 4 N–H and O–H groups in total. The van der Waals surface area contributed by atoms with Gasteiger partial charge in [0.2, 0.25) is 0 Å². The molecular weight excluding hydrogens is 344 g/mol. The predicted molar refractivity (Wildman–Crippen MR) is 93.7 cm³/mol. The molecule has 0 radical (unpaired) electrons. The molecule has 138 valence electrons. The molecule has 3 rings (SSSR count). The molecule has 0 aromatic heterocycles. The van der Waals surface area contributed by atoms with E-state index >= 15 is 0 Å². The fraction of sp³-hybridized carbons (Fsp3) is 0.611. The third kappa shape index (κ3) is 3.55. The molecule has 7 heteroatoms. The lowest BCUT2D eigenvalue weighted by Crippen LogP contribution is -2.56. The number of hydrogen-bond acceptors (Lipinski definition) is 6. The summed E-state index contributed by atoms with van der Waals surface area (Å²) in [7, 11) is 0. The van der Waals surface area contributed by atoms with Gasteiger partial charge in [-0.3, -0.25) is 10.2 Å². The molecule has 1 aliphatic heterocycles. The third-order valence-corrected chi connectivity index (χ3v) is 5.44. The minimum absolute atomic E-state index is 0.159. The maximum atomic E-state index is 12.8. The maximum absolute atomic E-state index is 12.8. The second-order valence-corrected chi connectivity index (χ2v) is 7.96. The van der Waals surface area contributed by atoms with E-state index in [1.165, 1.54) is 0 Å². The van der Waals surface area contributed by atoms with Crippen molar-refractivity contribution in [2.24, 2.45) is 11.8 Å². The summed E-state index contributed by atoms with van der Waals surface area (Å²) in [5.74, 6) is -1.91. The first kappa shape index (κ1) is 18.6. The van der Waals surface area contributed by atoms with Crippen LogP contribution in [0.15, 0.2) is 24.3 Å². The molecule has 1 saturated heterocycles. The van der Waals surface area contributed by atoms with E-state index in [0.29, 0.717) is 11.4 Å². The number of benzene rings is 1. The Balaban J connectivity index is 2.06. The van der Waals surface area contributed by atoms with Gasteiger partial charge in [0.1, 0.15) is 6.23 Å². The summed E-state index contributed by atoms with van der Waals surface area (Å²) in [6.07, 6.45) is -0.767. The summed E-state index contributed by atoms with van der Waals surface area (Å²) in [5.41, 5.74) is 5.44. The van der Waals surface area contributed by atoms with E-state index in [2.05, 4.69) is 10.9 Å². The number of halogens is 1. The summed E-state index contributed by atoms with van der Waals surface area (Å²) in [6.45, 7) is 5.22. The lowest BCUT2D eigenvalue weighted by molar-refractivity contribution is -0.171. The number of carbonyl (C=O) groups excluding carboxylic acids is 1. The summed E-state index contributed by atoms with van der Waals surface area (Å²) in [5, 5.41) is 22.1. The van der Waals surface area contributed by atoms with Gasteiger partial charge in [0.15, 0.2) is 0 Å². The van der Waals surface area contributed by atoms with Crippen molar-refractivity contribution in [1.29, 1.82) is 0 Å². The highest BCUT2D eigenvalue weighted by molar-refractivity contribution is 6.30. The van der Waals surface area contributed by atoms with Gasteiger partial charge in [0.25, 0.3) is 0 Å². The van der Waals surface area contributed by atoms with Gasteiger partial charge in [-0.05, 0) is 44.9 Å². The number of carbonyl (C=O) groups is 1. The van der Waals surface area contributed by atoms with Crippen LogP contribution in [-0.4, -0.2) is 40.2 Å². The molecule has 2 fully saturated rings. The van der Waals surface area contributed by atoms with E-state index in [0.717, 1.165) is 5.56 Å². The second-order valence-electron chi connectivity index (χ2n) is 7.52. The highest BCUT2D eigenvalue weighted by atomic mass is 35.5. The van der Waals surface area contributed by atoms with Gasteiger partial charge < -0.3 is 14.9 Å². The van der Waals surface area contributed by atoms with Crippen molar-refractivity contribution in [2.45, 2.75) is 57.1 Å². The Hall–Kier alpha value is -1.18. The molecule has 25 heavy (non-hydrogen) atoms. The quantitative estimate of drug-likeness (QED) is 0.605. The zero-order valence-corrected chi connectivity index (χ0v) is 15.3. The van der Waals surface area contributed by atoms with Crippen LogP contribution in [0.2, 0.25) is 5.02 Å². The first-order valence-electron chi connectivity index (χ1n) is 8.58. The number of ether oxygens (including phenoxy) is 1. The Kier molecular flexibility index (Phi) is 5.10. The molecule has 0 bridgehead atoms. The maximum Gasteiger partial charge on any atom is 0.312 e. The molecule has 1 saturated carbocycles. The van der Waals surface area contributed by atoms with Crippen molar-refractivity contribution in [3.63, 3.8) is 0 Å². The molecule has 6 nitrogen and oxygen atoms in total. The second kappa shape index (κ2) is 6.85. The molecule has 1 aromatic rings. The van der Waals surface area contributed by atoms with E-state index in [1.54, 1.807) is 32.9 Å². The van der Waals surface area contributed by atoms with E-state index in [1.807, 2.05) is 12.1 Å². The number of rotatable bonds is 3. The van der Waals surface area contributed by atoms with E-state index < -0.39 is 29.6 Å². The minimum atomic E-state index is -1.27. The number of nitrogens with one attached hydrogen (secondary N) is 2. The topological polar surface area (TPSA) is 90.8 Å². The lowest BCUT2D eigenvalue weighted by atomic mass is 9.60. The molecule has 6 atom stereocenters. The van der Waals surface area contributed by atoms with E-state index in [4.69, 9.17) is 16.3 Å². The predicted octanol–water partition coefficient (Wildman–Crippen LogP) is 1.56. The van der Waals surface area contributed by atoms with Gasteiger partial charge in [-0.15, -0.1) is 0 Å². The fourth-order valence-corrected chi connectivity index (χ4v) is 4.35. The molecule has 0 spiro atoms. The lowest BCUT2D eigenvalue weighted by Gasteiger charge is -2.47. The van der Waals surface area contributed by atoms with Gasteiger partial charge in [0.05, 0.1) is 17.6 Å². The molecule has 0 amide bonds. The van der Waals surface area contributed by atoms with Crippen LogP contribution in [0.5, 0.6) is 0 Å². The van der Waals surface area contributed by atoms with Crippen molar-refractivity contribution < 1.29 is 19.7 Å². The van der Waals surface area contributed by atoms with Crippen LogP contribution in [0, 0.1) is 11.8 Å². The first-order valence-corrected chi connectivity index (χ1v) is 8.96. The summed E-state index contributed by atoms with van der Waals surface area (Å²) >= 11 is 6.00. The van der Waals surface area contributed by atoms with Gasteiger partial charge in [-0.2, -0.15) is 0 Å². The first-order chi connectivity index (χ1) is 11.7. The number of aliphatic hydroxyl groups excluding tert-OH is 1. The van der Waals surface area contributed by atoms with Crippen molar-refractivity contribution in [3.8, 4) is 0 Å². The molecule has 1 aromatic carbocycles. The Bertz CT molecular complexity index is 634. The van der Waals surface area contributed by atoms with Crippen LogP contribution >= 0.6 is 11.6 Å². The van der Waals surface area contributed by atoms with E-state index in [-0.39, 0.29) is 18.1 Å². The third-order valence-electron chi connectivity index (χ3n) is 5.18. The van der Waals surface area contributed by atoms with Gasteiger partial charge in [-0.25, -0.2) is 5.43 Å². The SMILES string of the molecule is CC(C)OC(=O)C1C(c2ccc(Cl)cc2)C2C(O)NNC2CC1(C)O. The smallest absolute Gasteiger partial charge is 0.312 e. The van der Waals surface area contributed by atoms with Crippen molar-refractivity contribution in [2.75, 3.05) is 0 Å². The van der Waals surface area contributed by atoms with Gasteiger partial charge in [0, 0.05) is 22.9 Å². The van der Waals surface area contributed by atoms with Gasteiger partial charge in [-0.1, -0.05) is 23.7 Å². The monoisotopic (exact) mass is 368 g/mol. The molecule has 1 heterocycles. The van der Waals surface area contributed by atoms with Crippen LogP contribution in [0.4, 0.5) is 0 Å². The van der Waals surface area contributed by atoms with Crippen LogP contribution < -0.4 is 10.9 Å². The Morgan fingerprint density at radius 2 is 1.96 bits per heavy atom. The minimum Gasteiger partial charge on any atom is -0.463 e. The van der Waals surface area contributed by atoms with Crippen LogP contribution in [0.25, 0.3) is 0 Å². The Labute approximate surface area is 152 Å². The Morgan fingerprint density at radius 3 is 2.56 bits per heavy atom. The highest BCUT2D eigenvalue weighted by Crippen LogP contribution is 2.50. The summed E-state index contributed by atoms with van der Waals surface area (Å²) in [6, 6.07) is 7.02. The average molecular weight is 369 g/mol. The molecular formula is C18H25ClN2O4. The number of esters is 1. The number of aliphatic hydroxyl groups is 2. The Morgan fingerprint density at radius 1 is 1.32 bits per heavy atom.